The molecule has 8 heteroatoms. The maximum absolute atomic E-state index is 12.5. The van der Waals surface area contributed by atoms with Gasteiger partial charge in [0.15, 0.2) is 0 Å². The molecule has 3 rings (SSSR count). The van der Waals surface area contributed by atoms with Gasteiger partial charge in [-0.15, -0.1) is 11.3 Å². The Labute approximate surface area is 181 Å². The van der Waals surface area contributed by atoms with E-state index in [2.05, 4.69) is 39.3 Å². The highest BCUT2D eigenvalue weighted by Gasteiger charge is 2.17. The molecule has 30 heavy (non-hydrogen) atoms. The third-order valence-corrected chi connectivity index (χ3v) is 6.91. The molecule has 2 aromatic carbocycles. The van der Waals surface area contributed by atoms with Crippen LogP contribution < -0.4 is 10.0 Å². The van der Waals surface area contributed by atoms with E-state index >= 15 is 0 Å². The molecule has 0 spiro atoms. The van der Waals surface area contributed by atoms with Crippen molar-refractivity contribution in [3.05, 3.63) is 70.7 Å². The van der Waals surface area contributed by atoms with E-state index in [0.29, 0.717) is 18.5 Å². The maximum atomic E-state index is 12.5. The quantitative estimate of drug-likeness (QED) is 0.555. The minimum absolute atomic E-state index is 0.0751. The summed E-state index contributed by atoms with van der Waals surface area (Å²) >= 11 is 1.58. The smallest absolute Gasteiger partial charge is 0.251 e. The number of rotatable bonds is 8. The van der Waals surface area contributed by atoms with Gasteiger partial charge in [-0.05, 0) is 39.0 Å². The summed E-state index contributed by atoms with van der Waals surface area (Å²) < 4.78 is 27.1. The normalized spacial score (nSPS) is 11.6. The number of hydrogen-bond acceptors (Lipinski definition) is 5. The first-order chi connectivity index (χ1) is 14.2. The van der Waals surface area contributed by atoms with Crippen molar-refractivity contribution in [2.24, 2.45) is 0 Å². The molecule has 0 atom stereocenters. The average molecular weight is 444 g/mol. The van der Waals surface area contributed by atoms with Crippen LogP contribution in [-0.2, 0) is 16.4 Å². The lowest BCUT2D eigenvalue weighted by atomic mass is 10.2. The molecule has 0 bridgehead atoms. The van der Waals surface area contributed by atoms with Crippen molar-refractivity contribution in [1.82, 2.24) is 15.0 Å². The van der Waals surface area contributed by atoms with Gasteiger partial charge >= 0.3 is 0 Å². The first kappa shape index (κ1) is 22.1. The molecule has 0 unspecified atom stereocenters. The fourth-order valence-corrected chi connectivity index (χ4v) is 5.00. The number of nitrogens with one attached hydrogen (secondary N) is 2. The van der Waals surface area contributed by atoms with Crippen molar-refractivity contribution in [1.29, 1.82) is 0 Å². The molecule has 0 aliphatic carbocycles. The minimum Gasteiger partial charge on any atom is -0.352 e. The van der Waals surface area contributed by atoms with Crippen LogP contribution in [0, 0.1) is 6.92 Å². The third kappa shape index (κ3) is 5.75. The summed E-state index contributed by atoms with van der Waals surface area (Å²) in [4.78, 5) is 17.2. The average Bonchev–Trinajstić information content (AvgIpc) is 3.16. The number of carbonyl (C=O) groups excluding carboxylic acids is 1. The number of hydrogen-bond donors (Lipinski definition) is 2. The molecule has 6 nitrogen and oxygen atoms in total. The highest BCUT2D eigenvalue weighted by Crippen LogP contribution is 2.24. The van der Waals surface area contributed by atoms with Crippen molar-refractivity contribution in [2.75, 3.05) is 6.54 Å². The summed E-state index contributed by atoms with van der Waals surface area (Å²) in [7, 11) is -3.64. The highest BCUT2D eigenvalue weighted by atomic mass is 32.2. The second kappa shape index (κ2) is 9.51. The number of benzene rings is 2. The Kier molecular flexibility index (Phi) is 7.02. The lowest BCUT2D eigenvalue weighted by Gasteiger charge is -2.10. The van der Waals surface area contributed by atoms with Gasteiger partial charge in [-0.25, -0.2) is 18.1 Å². The predicted octanol–water partition coefficient (Wildman–Crippen LogP) is 3.78. The monoisotopic (exact) mass is 443 g/mol. The SMILES string of the molecule is Cc1ccc(-c2nc(CCNC(=O)c3cccc(S(=O)(=O)NC(C)C)c3)cs2)cc1. The number of nitrogens with zero attached hydrogens (tertiary/aromatic N) is 1. The molecule has 2 N–H and O–H groups in total. The van der Waals surface area contributed by atoms with E-state index in [9.17, 15) is 13.2 Å². The summed E-state index contributed by atoms with van der Waals surface area (Å²) in [6.07, 6.45) is 0.598. The van der Waals surface area contributed by atoms with Crippen LogP contribution in [0.4, 0.5) is 0 Å². The van der Waals surface area contributed by atoms with Gasteiger partial charge < -0.3 is 5.32 Å². The molecular formula is C22H25N3O3S2. The van der Waals surface area contributed by atoms with E-state index in [1.165, 1.54) is 17.7 Å². The Bertz CT molecular complexity index is 1120. The van der Waals surface area contributed by atoms with Crippen molar-refractivity contribution < 1.29 is 13.2 Å². The van der Waals surface area contributed by atoms with Gasteiger partial charge in [-0.1, -0.05) is 35.9 Å². The topological polar surface area (TPSA) is 88.2 Å². The van der Waals surface area contributed by atoms with E-state index in [0.717, 1.165) is 16.3 Å². The van der Waals surface area contributed by atoms with Crippen LogP contribution in [0.1, 0.15) is 35.5 Å². The van der Waals surface area contributed by atoms with Gasteiger partial charge in [-0.3, -0.25) is 4.79 Å². The molecule has 158 valence electrons. The molecule has 1 amide bonds. The van der Waals surface area contributed by atoms with Crippen molar-refractivity contribution >= 4 is 27.3 Å². The lowest BCUT2D eigenvalue weighted by molar-refractivity contribution is 0.0954. The van der Waals surface area contributed by atoms with Gasteiger partial charge in [-0.2, -0.15) is 0 Å². The zero-order valence-corrected chi connectivity index (χ0v) is 18.8. The van der Waals surface area contributed by atoms with Crippen molar-refractivity contribution in [2.45, 2.75) is 38.1 Å². The van der Waals surface area contributed by atoms with Gasteiger partial charge in [0.1, 0.15) is 5.01 Å². The summed E-state index contributed by atoms with van der Waals surface area (Å²) in [6.45, 7) is 5.95. The molecule has 0 saturated carbocycles. The molecule has 0 fully saturated rings. The Balaban J connectivity index is 1.59. The van der Waals surface area contributed by atoms with E-state index in [4.69, 9.17) is 0 Å². The summed E-state index contributed by atoms with van der Waals surface area (Å²) in [5.74, 6) is -0.314. The number of thiazole rings is 1. The molecular weight excluding hydrogens is 418 g/mol. The molecule has 0 saturated heterocycles. The van der Waals surface area contributed by atoms with E-state index in [1.54, 1.807) is 37.3 Å². The Hall–Kier alpha value is -2.55. The molecule has 1 aromatic heterocycles. The summed E-state index contributed by atoms with van der Waals surface area (Å²) in [5.41, 5.74) is 3.50. The standard InChI is InChI=1S/C22H25N3O3S2/c1-15(2)25-30(27,28)20-6-4-5-18(13-20)21(26)23-12-11-19-14-29-22(24-19)17-9-7-16(3)8-10-17/h4-10,13-15,25H,11-12H2,1-3H3,(H,23,26). The number of carbonyl (C=O) groups is 1. The van der Waals surface area contributed by atoms with Crippen molar-refractivity contribution in [3.8, 4) is 10.6 Å². The van der Waals surface area contributed by atoms with E-state index < -0.39 is 10.0 Å². The van der Waals surface area contributed by atoms with Gasteiger partial charge in [0.2, 0.25) is 10.0 Å². The fraction of sp³-hybridized carbons (Fsp3) is 0.273. The Morgan fingerprint density at radius 1 is 1.13 bits per heavy atom. The minimum atomic E-state index is -3.64. The Morgan fingerprint density at radius 3 is 2.57 bits per heavy atom. The molecule has 3 aromatic rings. The Morgan fingerprint density at radius 2 is 1.87 bits per heavy atom. The number of amides is 1. The van der Waals surface area contributed by atoms with Crippen LogP contribution in [0.25, 0.3) is 10.6 Å². The van der Waals surface area contributed by atoms with Gasteiger partial charge in [0, 0.05) is 35.5 Å². The third-order valence-electron chi connectivity index (χ3n) is 4.31. The number of aryl methyl sites for hydroxylation is 1. The zero-order valence-electron chi connectivity index (χ0n) is 17.2. The van der Waals surface area contributed by atoms with Crippen LogP contribution in [-0.4, -0.2) is 31.9 Å². The molecule has 0 aliphatic heterocycles. The molecule has 1 heterocycles. The zero-order chi connectivity index (χ0) is 21.7. The summed E-state index contributed by atoms with van der Waals surface area (Å²) in [6, 6.07) is 14.0. The summed E-state index contributed by atoms with van der Waals surface area (Å²) in [5, 5.41) is 5.78. The van der Waals surface area contributed by atoms with Gasteiger partial charge in [0.25, 0.3) is 5.91 Å². The fourth-order valence-electron chi connectivity index (χ4n) is 2.84. The lowest BCUT2D eigenvalue weighted by Crippen LogP contribution is -2.30. The first-order valence-corrected chi connectivity index (χ1v) is 12.0. The number of aromatic nitrogens is 1. The predicted molar refractivity (Wildman–Crippen MR) is 120 cm³/mol. The van der Waals surface area contributed by atoms with Crippen LogP contribution in [0.15, 0.2) is 58.8 Å². The van der Waals surface area contributed by atoms with Crippen LogP contribution in [0.2, 0.25) is 0 Å². The van der Waals surface area contributed by atoms with Crippen LogP contribution >= 0.6 is 11.3 Å². The second-order valence-corrected chi connectivity index (χ2v) is 9.89. The largest absolute Gasteiger partial charge is 0.352 e. The highest BCUT2D eigenvalue weighted by molar-refractivity contribution is 7.89. The maximum Gasteiger partial charge on any atom is 0.251 e. The van der Waals surface area contributed by atoms with E-state index in [1.807, 2.05) is 12.3 Å². The molecule has 0 aliphatic rings. The van der Waals surface area contributed by atoms with Crippen molar-refractivity contribution in [3.63, 3.8) is 0 Å². The second-order valence-electron chi connectivity index (χ2n) is 7.32. The van der Waals surface area contributed by atoms with E-state index in [-0.39, 0.29) is 16.8 Å². The first-order valence-electron chi connectivity index (χ1n) is 9.66. The number of sulfonamides is 1. The van der Waals surface area contributed by atoms with Crippen LogP contribution in [0.5, 0.6) is 0 Å². The molecule has 0 radical (unpaired) electrons. The van der Waals surface area contributed by atoms with Crippen LogP contribution in [0.3, 0.4) is 0 Å². The van der Waals surface area contributed by atoms with Gasteiger partial charge in [0.05, 0.1) is 10.6 Å².